The Hall–Kier alpha value is -0.220. The van der Waals surface area contributed by atoms with Crippen LogP contribution in [0.25, 0.3) is 0 Å². The molecule has 112 valence electrons. The van der Waals surface area contributed by atoms with Crippen molar-refractivity contribution in [3.8, 4) is 11.5 Å². The molecule has 1 aromatic carbocycles. The van der Waals surface area contributed by atoms with Crippen LogP contribution in [0.2, 0.25) is 0 Å². The van der Waals surface area contributed by atoms with Crippen LogP contribution in [0, 0.1) is 5.92 Å². The molecule has 0 radical (unpaired) electrons. The van der Waals surface area contributed by atoms with Gasteiger partial charge in [0.25, 0.3) is 0 Å². The molecule has 4 heteroatoms. The van der Waals surface area contributed by atoms with E-state index in [9.17, 15) is 0 Å². The van der Waals surface area contributed by atoms with Gasteiger partial charge in [-0.1, -0.05) is 29.3 Å². The van der Waals surface area contributed by atoms with Gasteiger partial charge in [0.2, 0.25) is 0 Å². The van der Waals surface area contributed by atoms with Crippen molar-refractivity contribution in [3.05, 3.63) is 22.2 Å². The third-order valence-electron chi connectivity index (χ3n) is 4.10. The van der Waals surface area contributed by atoms with Crippen LogP contribution in [0.1, 0.15) is 44.6 Å². The van der Waals surface area contributed by atoms with E-state index < -0.39 is 0 Å². The Labute approximate surface area is 138 Å². The molecular formula is C16H22Br2O2. The van der Waals surface area contributed by atoms with E-state index in [2.05, 4.69) is 44.8 Å². The minimum Gasteiger partial charge on any atom is -0.493 e. The summed E-state index contributed by atoms with van der Waals surface area (Å²) < 4.78 is 12.7. The first-order valence-electron chi connectivity index (χ1n) is 7.27. The largest absolute Gasteiger partial charge is 0.493 e. The van der Waals surface area contributed by atoms with Crippen molar-refractivity contribution in [2.24, 2.45) is 5.92 Å². The van der Waals surface area contributed by atoms with E-state index in [1.165, 1.54) is 24.8 Å². The smallest absolute Gasteiger partial charge is 0.175 e. The van der Waals surface area contributed by atoms with E-state index >= 15 is 0 Å². The molecule has 0 aliphatic heterocycles. The fourth-order valence-electron chi connectivity index (χ4n) is 2.79. The summed E-state index contributed by atoms with van der Waals surface area (Å²) in [6.45, 7) is 2.28. The van der Waals surface area contributed by atoms with Crippen molar-refractivity contribution in [3.63, 3.8) is 0 Å². The molecule has 1 aliphatic carbocycles. The predicted octanol–water partition coefficient (Wildman–Crippen LogP) is 5.70. The van der Waals surface area contributed by atoms with Gasteiger partial charge in [-0.3, -0.25) is 0 Å². The summed E-state index contributed by atoms with van der Waals surface area (Å²) in [5.74, 6) is 2.54. The van der Waals surface area contributed by atoms with Crippen molar-refractivity contribution in [2.75, 3.05) is 7.11 Å². The second kappa shape index (κ2) is 7.69. The second-order valence-corrected chi connectivity index (χ2v) is 6.83. The zero-order valence-corrected chi connectivity index (χ0v) is 15.3. The summed E-state index contributed by atoms with van der Waals surface area (Å²) in [6.07, 6.45) is 6.46. The van der Waals surface area contributed by atoms with Crippen LogP contribution in [0.15, 0.2) is 16.6 Å². The molecule has 1 aliphatic rings. The van der Waals surface area contributed by atoms with Crippen LogP contribution < -0.4 is 9.47 Å². The second-order valence-electron chi connectivity index (χ2n) is 5.41. The Balaban J connectivity index is 2.09. The predicted molar refractivity (Wildman–Crippen MR) is 90.0 cm³/mol. The van der Waals surface area contributed by atoms with Gasteiger partial charge in [0.15, 0.2) is 11.5 Å². The molecule has 2 rings (SSSR count). The number of hydrogen-bond acceptors (Lipinski definition) is 2. The van der Waals surface area contributed by atoms with Crippen molar-refractivity contribution in [2.45, 2.75) is 50.5 Å². The Morgan fingerprint density at radius 3 is 2.45 bits per heavy atom. The molecule has 0 unspecified atom stereocenters. The van der Waals surface area contributed by atoms with E-state index in [0.717, 1.165) is 40.1 Å². The van der Waals surface area contributed by atoms with Crippen molar-refractivity contribution in [1.29, 1.82) is 0 Å². The summed E-state index contributed by atoms with van der Waals surface area (Å²) in [4.78, 5) is 0. The van der Waals surface area contributed by atoms with Crippen molar-refractivity contribution < 1.29 is 9.47 Å². The van der Waals surface area contributed by atoms with Gasteiger partial charge < -0.3 is 9.47 Å². The fraction of sp³-hybridized carbons (Fsp3) is 0.625. The number of hydrogen-bond donors (Lipinski definition) is 0. The molecular weight excluding hydrogens is 384 g/mol. The molecule has 0 aromatic heterocycles. The van der Waals surface area contributed by atoms with Crippen molar-refractivity contribution in [1.82, 2.24) is 0 Å². The first-order chi connectivity index (χ1) is 9.67. The van der Waals surface area contributed by atoms with Crippen LogP contribution in [0.3, 0.4) is 0 Å². The van der Waals surface area contributed by atoms with Crippen molar-refractivity contribution >= 4 is 31.9 Å². The summed E-state index contributed by atoms with van der Waals surface area (Å²) in [6, 6.07) is 4.12. The lowest BCUT2D eigenvalue weighted by Crippen LogP contribution is -2.24. The zero-order valence-electron chi connectivity index (χ0n) is 12.1. The summed E-state index contributed by atoms with van der Waals surface area (Å²) >= 11 is 7.08. The highest BCUT2D eigenvalue weighted by molar-refractivity contribution is 9.10. The highest BCUT2D eigenvalue weighted by Crippen LogP contribution is 2.40. The van der Waals surface area contributed by atoms with Crippen LogP contribution in [-0.2, 0) is 5.33 Å². The molecule has 1 aromatic rings. The maximum Gasteiger partial charge on any atom is 0.175 e. The third kappa shape index (κ3) is 3.91. The summed E-state index contributed by atoms with van der Waals surface area (Å²) in [5.41, 5.74) is 1.18. The lowest BCUT2D eigenvalue weighted by Gasteiger charge is -2.29. The SMILES string of the molecule is CCC1CCC(Oc2c(Br)cc(CBr)cc2OC)CC1. The minimum atomic E-state index is 0.317. The quantitative estimate of drug-likeness (QED) is 0.585. The van der Waals surface area contributed by atoms with Gasteiger partial charge in [-0.05, 0) is 65.2 Å². The lowest BCUT2D eigenvalue weighted by molar-refractivity contribution is 0.125. The van der Waals surface area contributed by atoms with Gasteiger partial charge in [-0.15, -0.1) is 0 Å². The molecule has 0 saturated heterocycles. The Kier molecular flexibility index (Phi) is 6.21. The minimum absolute atomic E-state index is 0.317. The Morgan fingerprint density at radius 2 is 1.90 bits per heavy atom. The Morgan fingerprint density at radius 1 is 1.20 bits per heavy atom. The number of ether oxygens (including phenoxy) is 2. The normalized spacial score (nSPS) is 22.6. The average molecular weight is 406 g/mol. The van der Waals surface area contributed by atoms with Crippen LogP contribution in [-0.4, -0.2) is 13.2 Å². The van der Waals surface area contributed by atoms with Gasteiger partial charge in [-0.2, -0.15) is 0 Å². The summed E-state index contributed by atoms with van der Waals surface area (Å²) in [7, 11) is 1.70. The number of methoxy groups -OCH3 is 1. The van der Waals surface area contributed by atoms with E-state index in [4.69, 9.17) is 9.47 Å². The topological polar surface area (TPSA) is 18.5 Å². The molecule has 1 saturated carbocycles. The lowest BCUT2D eigenvalue weighted by atomic mass is 9.86. The third-order valence-corrected chi connectivity index (χ3v) is 5.34. The van der Waals surface area contributed by atoms with E-state index in [1.54, 1.807) is 7.11 Å². The molecule has 0 N–H and O–H groups in total. The molecule has 0 atom stereocenters. The van der Waals surface area contributed by atoms with Gasteiger partial charge in [0.1, 0.15) is 0 Å². The highest BCUT2D eigenvalue weighted by Gasteiger charge is 2.23. The standard InChI is InChI=1S/C16H22Br2O2/c1-3-11-4-6-13(7-5-11)20-16-14(18)8-12(10-17)9-15(16)19-2/h8-9,11,13H,3-7,10H2,1-2H3. The first-order valence-corrected chi connectivity index (χ1v) is 9.18. The molecule has 2 nitrogen and oxygen atoms in total. The number of halogens is 2. The molecule has 1 fully saturated rings. The van der Waals surface area contributed by atoms with Crippen LogP contribution in [0.5, 0.6) is 11.5 Å². The fourth-order valence-corrected chi connectivity index (χ4v) is 3.70. The maximum absolute atomic E-state index is 6.21. The number of benzene rings is 1. The zero-order chi connectivity index (χ0) is 14.5. The van der Waals surface area contributed by atoms with Gasteiger partial charge >= 0.3 is 0 Å². The van der Waals surface area contributed by atoms with Gasteiger partial charge in [0, 0.05) is 5.33 Å². The van der Waals surface area contributed by atoms with E-state index in [0.29, 0.717) is 6.10 Å². The maximum atomic E-state index is 6.21. The van der Waals surface area contributed by atoms with E-state index in [-0.39, 0.29) is 0 Å². The van der Waals surface area contributed by atoms with Crippen LogP contribution >= 0.6 is 31.9 Å². The molecule has 0 bridgehead atoms. The van der Waals surface area contributed by atoms with E-state index in [1.807, 2.05) is 6.07 Å². The molecule has 0 spiro atoms. The summed E-state index contributed by atoms with van der Waals surface area (Å²) in [5, 5.41) is 0.809. The molecule has 0 heterocycles. The first kappa shape index (κ1) is 16.2. The molecule has 20 heavy (non-hydrogen) atoms. The number of rotatable bonds is 5. The van der Waals surface area contributed by atoms with Crippen LogP contribution in [0.4, 0.5) is 0 Å². The molecule has 0 amide bonds. The highest BCUT2D eigenvalue weighted by atomic mass is 79.9. The average Bonchev–Trinajstić information content (AvgIpc) is 2.49. The van der Waals surface area contributed by atoms with Gasteiger partial charge in [-0.25, -0.2) is 0 Å². The Bertz CT molecular complexity index is 440. The monoisotopic (exact) mass is 404 g/mol. The number of alkyl halides is 1. The van der Waals surface area contributed by atoms with Gasteiger partial charge in [0.05, 0.1) is 17.7 Å².